The van der Waals surface area contributed by atoms with Crippen molar-refractivity contribution in [2.75, 3.05) is 5.32 Å². The third-order valence-electron chi connectivity index (χ3n) is 2.55. The summed E-state index contributed by atoms with van der Waals surface area (Å²) in [5.41, 5.74) is 0.491. The number of carbonyl (C=O) groups is 1. The van der Waals surface area contributed by atoms with E-state index in [4.69, 9.17) is 9.52 Å². The van der Waals surface area contributed by atoms with E-state index in [2.05, 4.69) is 5.32 Å². The second kappa shape index (κ2) is 4.91. The van der Waals surface area contributed by atoms with E-state index in [0.29, 0.717) is 11.4 Å². The van der Waals surface area contributed by atoms with Crippen molar-refractivity contribution in [2.45, 2.75) is 13.0 Å². The van der Waals surface area contributed by atoms with Crippen LogP contribution in [-0.2, 0) is 0 Å². The predicted molar refractivity (Wildman–Crippen MR) is 64.1 cm³/mol. The van der Waals surface area contributed by atoms with Crippen molar-refractivity contribution in [1.29, 1.82) is 0 Å². The Morgan fingerprint density at radius 3 is 2.67 bits per heavy atom. The Morgan fingerprint density at radius 1 is 1.33 bits per heavy atom. The lowest BCUT2D eigenvalue weighted by molar-refractivity contribution is 0.0663. The summed E-state index contributed by atoms with van der Waals surface area (Å²) < 4.78 is 18.6. The number of benzene rings is 1. The van der Waals surface area contributed by atoms with Crippen LogP contribution in [0.15, 0.2) is 40.8 Å². The number of nitrogens with one attached hydrogen (secondary N) is 1. The summed E-state index contributed by atoms with van der Waals surface area (Å²) in [5.74, 6) is -1.31. The summed E-state index contributed by atoms with van der Waals surface area (Å²) in [6, 6.07) is 8.91. The average molecular weight is 249 g/mol. The molecule has 0 radical (unpaired) electrons. The van der Waals surface area contributed by atoms with Gasteiger partial charge in [0.05, 0.1) is 6.04 Å². The van der Waals surface area contributed by atoms with Crippen molar-refractivity contribution >= 4 is 11.9 Å². The largest absolute Gasteiger partial charge is 0.475 e. The van der Waals surface area contributed by atoms with Gasteiger partial charge in [-0.3, -0.25) is 0 Å². The van der Waals surface area contributed by atoms with Crippen LogP contribution in [0.25, 0.3) is 0 Å². The minimum atomic E-state index is -1.14. The van der Waals surface area contributed by atoms with Crippen LogP contribution in [0.5, 0.6) is 0 Å². The standard InChI is InChI=1S/C13H12FNO3/c1-8(9-4-2-3-5-10(9)14)15-12-7-6-11(18-12)13(16)17/h2-8,15H,1H3,(H,16,17). The van der Waals surface area contributed by atoms with Gasteiger partial charge in [0.2, 0.25) is 5.76 Å². The molecule has 1 heterocycles. The van der Waals surface area contributed by atoms with Crippen LogP contribution in [0.1, 0.15) is 29.1 Å². The van der Waals surface area contributed by atoms with E-state index in [1.807, 2.05) is 0 Å². The molecular weight excluding hydrogens is 237 g/mol. The number of halogens is 1. The molecule has 5 heteroatoms. The van der Waals surface area contributed by atoms with Crippen LogP contribution < -0.4 is 5.32 Å². The monoisotopic (exact) mass is 249 g/mol. The number of aromatic carboxylic acids is 1. The first-order chi connectivity index (χ1) is 8.58. The maximum absolute atomic E-state index is 13.5. The van der Waals surface area contributed by atoms with Gasteiger partial charge in [0, 0.05) is 11.6 Å². The van der Waals surface area contributed by atoms with Gasteiger partial charge < -0.3 is 14.8 Å². The lowest BCUT2D eigenvalue weighted by Gasteiger charge is -2.13. The molecule has 0 fully saturated rings. The van der Waals surface area contributed by atoms with E-state index < -0.39 is 5.97 Å². The molecule has 0 aliphatic heterocycles. The quantitative estimate of drug-likeness (QED) is 0.872. The second-order valence-corrected chi connectivity index (χ2v) is 3.86. The average Bonchev–Trinajstić information content (AvgIpc) is 2.78. The van der Waals surface area contributed by atoms with Crippen molar-refractivity contribution in [3.63, 3.8) is 0 Å². The van der Waals surface area contributed by atoms with Crippen LogP contribution >= 0.6 is 0 Å². The lowest BCUT2D eigenvalue weighted by Crippen LogP contribution is -2.07. The van der Waals surface area contributed by atoms with Crippen molar-refractivity contribution in [2.24, 2.45) is 0 Å². The minimum Gasteiger partial charge on any atom is -0.475 e. The Labute approximate surface area is 103 Å². The molecule has 2 N–H and O–H groups in total. The molecule has 0 bridgehead atoms. The molecule has 1 unspecified atom stereocenters. The Bertz CT molecular complexity index is 565. The van der Waals surface area contributed by atoms with Gasteiger partial charge in [-0.15, -0.1) is 0 Å². The van der Waals surface area contributed by atoms with Gasteiger partial charge in [-0.25, -0.2) is 9.18 Å². The summed E-state index contributed by atoms with van der Waals surface area (Å²) in [5, 5.41) is 11.6. The fraction of sp³-hybridized carbons (Fsp3) is 0.154. The molecule has 1 aromatic carbocycles. The maximum Gasteiger partial charge on any atom is 0.371 e. The molecule has 94 valence electrons. The zero-order valence-corrected chi connectivity index (χ0v) is 9.68. The second-order valence-electron chi connectivity index (χ2n) is 3.86. The predicted octanol–water partition coefficient (Wildman–Crippen LogP) is 3.29. The van der Waals surface area contributed by atoms with E-state index in [9.17, 15) is 9.18 Å². The van der Waals surface area contributed by atoms with Gasteiger partial charge in [-0.2, -0.15) is 0 Å². The smallest absolute Gasteiger partial charge is 0.371 e. The molecule has 1 aromatic heterocycles. The van der Waals surface area contributed by atoms with Crippen LogP contribution in [0.4, 0.5) is 10.3 Å². The summed E-state index contributed by atoms with van der Waals surface area (Å²) in [4.78, 5) is 10.6. The molecule has 0 saturated carbocycles. The number of anilines is 1. The number of carboxylic acid groups (broad SMARTS) is 1. The van der Waals surface area contributed by atoms with Crippen molar-refractivity contribution in [1.82, 2.24) is 0 Å². The molecular formula is C13H12FNO3. The van der Waals surface area contributed by atoms with E-state index in [1.54, 1.807) is 25.1 Å². The molecule has 2 aromatic rings. The third kappa shape index (κ3) is 2.51. The van der Waals surface area contributed by atoms with Crippen LogP contribution in [-0.4, -0.2) is 11.1 Å². The van der Waals surface area contributed by atoms with E-state index in [0.717, 1.165) is 0 Å². The molecule has 4 nitrogen and oxygen atoms in total. The molecule has 0 spiro atoms. The molecule has 0 aliphatic rings. The van der Waals surface area contributed by atoms with E-state index >= 15 is 0 Å². The summed E-state index contributed by atoms with van der Waals surface area (Å²) in [6.07, 6.45) is 0. The summed E-state index contributed by atoms with van der Waals surface area (Å²) >= 11 is 0. The highest BCUT2D eigenvalue weighted by Gasteiger charge is 2.13. The van der Waals surface area contributed by atoms with Gasteiger partial charge in [0.1, 0.15) is 5.82 Å². The Balaban J connectivity index is 2.13. The topological polar surface area (TPSA) is 62.5 Å². The maximum atomic E-state index is 13.5. The molecule has 0 amide bonds. The van der Waals surface area contributed by atoms with Gasteiger partial charge >= 0.3 is 5.97 Å². The van der Waals surface area contributed by atoms with Crippen LogP contribution in [0.2, 0.25) is 0 Å². The minimum absolute atomic E-state index is 0.154. The Morgan fingerprint density at radius 2 is 2.06 bits per heavy atom. The Kier molecular flexibility index (Phi) is 3.32. The summed E-state index contributed by atoms with van der Waals surface area (Å²) in [7, 11) is 0. The fourth-order valence-corrected chi connectivity index (χ4v) is 1.65. The highest BCUT2D eigenvalue weighted by molar-refractivity contribution is 5.84. The van der Waals surface area contributed by atoms with Crippen LogP contribution in [0, 0.1) is 5.82 Å². The molecule has 1 atom stereocenters. The van der Waals surface area contributed by atoms with Gasteiger partial charge in [0.25, 0.3) is 0 Å². The van der Waals surface area contributed by atoms with E-state index in [-0.39, 0.29) is 17.6 Å². The van der Waals surface area contributed by atoms with Crippen molar-refractivity contribution in [3.05, 3.63) is 53.5 Å². The third-order valence-corrected chi connectivity index (χ3v) is 2.55. The van der Waals surface area contributed by atoms with Crippen molar-refractivity contribution < 1.29 is 18.7 Å². The number of hydrogen-bond donors (Lipinski definition) is 2. The zero-order chi connectivity index (χ0) is 13.1. The molecule has 0 saturated heterocycles. The van der Waals surface area contributed by atoms with Gasteiger partial charge in [0.15, 0.2) is 5.88 Å². The number of hydrogen-bond acceptors (Lipinski definition) is 3. The molecule has 2 rings (SSSR count). The highest BCUT2D eigenvalue weighted by atomic mass is 19.1. The fourth-order valence-electron chi connectivity index (χ4n) is 1.65. The van der Waals surface area contributed by atoms with E-state index in [1.165, 1.54) is 18.2 Å². The molecule has 18 heavy (non-hydrogen) atoms. The highest BCUT2D eigenvalue weighted by Crippen LogP contribution is 2.22. The first-order valence-corrected chi connectivity index (χ1v) is 5.42. The molecule has 0 aliphatic carbocycles. The summed E-state index contributed by atoms with van der Waals surface area (Å²) in [6.45, 7) is 1.77. The number of furan rings is 1. The lowest BCUT2D eigenvalue weighted by atomic mass is 10.1. The SMILES string of the molecule is CC(Nc1ccc(C(=O)O)o1)c1ccccc1F. The van der Waals surface area contributed by atoms with Crippen molar-refractivity contribution in [3.8, 4) is 0 Å². The number of carboxylic acids is 1. The van der Waals surface area contributed by atoms with Crippen LogP contribution in [0.3, 0.4) is 0 Å². The number of rotatable bonds is 4. The first kappa shape index (κ1) is 12.2. The zero-order valence-electron chi connectivity index (χ0n) is 9.68. The first-order valence-electron chi connectivity index (χ1n) is 5.42. The normalized spacial score (nSPS) is 12.1. The van der Waals surface area contributed by atoms with Gasteiger partial charge in [-0.1, -0.05) is 18.2 Å². The van der Waals surface area contributed by atoms with Gasteiger partial charge in [-0.05, 0) is 19.1 Å². The Hall–Kier alpha value is -2.30.